The molecule has 2 aliphatic heterocycles. The highest BCUT2D eigenvalue weighted by atomic mass is 16.5. The van der Waals surface area contributed by atoms with E-state index in [1.165, 1.54) is 5.56 Å². The molecular formula is C23H31N5O2. The Kier molecular flexibility index (Phi) is 6.79. The molecule has 1 amide bonds. The van der Waals surface area contributed by atoms with Crippen molar-refractivity contribution in [3.63, 3.8) is 0 Å². The van der Waals surface area contributed by atoms with Crippen molar-refractivity contribution in [3.05, 3.63) is 48.3 Å². The second-order valence-electron chi connectivity index (χ2n) is 8.14. The van der Waals surface area contributed by atoms with Crippen LogP contribution in [0.25, 0.3) is 0 Å². The Bertz CT molecular complexity index is 814. The van der Waals surface area contributed by atoms with E-state index in [-0.39, 0.29) is 5.92 Å². The fourth-order valence-corrected chi connectivity index (χ4v) is 4.41. The van der Waals surface area contributed by atoms with Gasteiger partial charge in [0.1, 0.15) is 5.75 Å². The van der Waals surface area contributed by atoms with Crippen LogP contribution in [0.1, 0.15) is 24.8 Å². The van der Waals surface area contributed by atoms with Crippen LogP contribution < -0.4 is 9.64 Å². The van der Waals surface area contributed by atoms with Gasteiger partial charge in [-0.25, -0.2) is 9.97 Å². The van der Waals surface area contributed by atoms with Gasteiger partial charge in [0.25, 0.3) is 0 Å². The van der Waals surface area contributed by atoms with E-state index in [9.17, 15) is 4.79 Å². The van der Waals surface area contributed by atoms with Crippen molar-refractivity contribution in [3.8, 4) is 5.75 Å². The molecule has 0 radical (unpaired) electrons. The van der Waals surface area contributed by atoms with E-state index in [2.05, 4.69) is 36.8 Å². The standard InChI is InChI=1S/C23H31N5O2/c1-30-21-8-6-19(7-9-21)17-26-12-4-14-27(16-15-26)22(29)20-5-2-13-28(18-20)23-24-10-3-11-25-23/h3,6-11,20H,2,4-5,12-18H2,1H3/t20-/m0/s1. The number of ether oxygens (including phenoxy) is 1. The third-order valence-corrected chi connectivity index (χ3v) is 6.07. The lowest BCUT2D eigenvalue weighted by molar-refractivity contribution is -0.135. The van der Waals surface area contributed by atoms with E-state index in [1.807, 2.05) is 18.2 Å². The lowest BCUT2D eigenvalue weighted by atomic mass is 9.96. The molecule has 4 rings (SSSR count). The number of piperidine rings is 1. The van der Waals surface area contributed by atoms with Gasteiger partial charge >= 0.3 is 0 Å². The van der Waals surface area contributed by atoms with Crippen LogP contribution in [0.2, 0.25) is 0 Å². The van der Waals surface area contributed by atoms with Gasteiger partial charge in [0.15, 0.2) is 0 Å². The second kappa shape index (κ2) is 9.89. The highest BCUT2D eigenvalue weighted by Gasteiger charge is 2.31. The lowest BCUT2D eigenvalue weighted by Gasteiger charge is -2.34. The minimum atomic E-state index is 0.0377. The fraction of sp³-hybridized carbons (Fsp3) is 0.522. The van der Waals surface area contributed by atoms with Crippen LogP contribution in [0.5, 0.6) is 5.75 Å². The summed E-state index contributed by atoms with van der Waals surface area (Å²) in [6, 6.07) is 10.1. The Morgan fingerprint density at radius 3 is 2.60 bits per heavy atom. The molecule has 7 nitrogen and oxygen atoms in total. The number of amides is 1. The number of hydrogen-bond donors (Lipinski definition) is 0. The Labute approximate surface area is 178 Å². The van der Waals surface area contributed by atoms with Gasteiger partial charge < -0.3 is 14.5 Å². The monoisotopic (exact) mass is 409 g/mol. The van der Waals surface area contributed by atoms with Gasteiger partial charge in [-0.1, -0.05) is 12.1 Å². The van der Waals surface area contributed by atoms with Crippen LogP contribution in [-0.4, -0.2) is 72.1 Å². The third kappa shape index (κ3) is 5.08. The zero-order chi connectivity index (χ0) is 20.8. The molecule has 0 N–H and O–H groups in total. The molecule has 0 saturated carbocycles. The van der Waals surface area contributed by atoms with E-state index in [0.29, 0.717) is 5.91 Å². The summed E-state index contributed by atoms with van der Waals surface area (Å²) in [5, 5.41) is 0. The van der Waals surface area contributed by atoms with Crippen LogP contribution in [0.4, 0.5) is 5.95 Å². The molecule has 0 spiro atoms. The molecule has 30 heavy (non-hydrogen) atoms. The molecule has 2 fully saturated rings. The van der Waals surface area contributed by atoms with Gasteiger partial charge in [-0.2, -0.15) is 0 Å². The van der Waals surface area contributed by atoms with Crippen molar-refractivity contribution in [2.45, 2.75) is 25.8 Å². The number of carbonyl (C=O) groups is 1. The number of nitrogens with zero attached hydrogens (tertiary/aromatic N) is 5. The zero-order valence-electron chi connectivity index (χ0n) is 17.7. The molecular weight excluding hydrogens is 378 g/mol. The topological polar surface area (TPSA) is 61.8 Å². The van der Waals surface area contributed by atoms with Gasteiger partial charge in [0.2, 0.25) is 11.9 Å². The van der Waals surface area contributed by atoms with Gasteiger partial charge in [-0.3, -0.25) is 9.69 Å². The summed E-state index contributed by atoms with van der Waals surface area (Å²) in [6.07, 6.45) is 6.50. The van der Waals surface area contributed by atoms with Crippen molar-refractivity contribution in [1.82, 2.24) is 19.8 Å². The first kappa shape index (κ1) is 20.6. The summed E-state index contributed by atoms with van der Waals surface area (Å²) in [7, 11) is 1.69. The van der Waals surface area contributed by atoms with E-state index in [4.69, 9.17) is 4.74 Å². The van der Waals surface area contributed by atoms with Crippen LogP contribution in [-0.2, 0) is 11.3 Å². The average Bonchev–Trinajstić information content (AvgIpc) is 3.05. The van der Waals surface area contributed by atoms with Crippen LogP contribution in [0, 0.1) is 5.92 Å². The fourth-order valence-electron chi connectivity index (χ4n) is 4.41. The molecule has 2 saturated heterocycles. The smallest absolute Gasteiger partial charge is 0.227 e. The molecule has 0 aliphatic carbocycles. The molecule has 0 bridgehead atoms. The second-order valence-corrected chi connectivity index (χ2v) is 8.14. The molecule has 3 heterocycles. The van der Waals surface area contributed by atoms with Crippen molar-refractivity contribution < 1.29 is 9.53 Å². The molecule has 1 atom stereocenters. The highest BCUT2D eigenvalue weighted by molar-refractivity contribution is 5.79. The Morgan fingerprint density at radius 2 is 1.83 bits per heavy atom. The van der Waals surface area contributed by atoms with E-state index in [0.717, 1.165) is 76.8 Å². The first-order valence-corrected chi connectivity index (χ1v) is 10.9. The number of carbonyl (C=O) groups excluding carboxylic acids is 1. The third-order valence-electron chi connectivity index (χ3n) is 6.07. The average molecular weight is 410 g/mol. The SMILES string of the molecule is COc1ccc(CN2CCCN(C(=O)[C@H]3CCCN(c4ncccn4)C3)CC2)cc1. The quantitative estimate of drug-likeness (QED) is 0.756. The molecule has 1 aromatic carbocycles. The summed E-state index contributed by atoms with van der Waals surface area (Å²) in [6.45, 7) is 6.12. The molecule has 1 aromatic heterocycles. The predicted octanol–water partition coefficient (Wildman–Crippen LogP) is 2.44. The van der Waals surface area contributed by atoms with Crippen molar-refractivity contribution in [1.29, 1.82) is 0 Å². The highest BCUT2D eigenvalue weighted by Crippen LogP contribution is 2.23. The van der Waals surface area contributed by atoms with Crippen molar-refractivity contribution >= 4 is 11.9 Å². The lowest BCUT2D eigenvalue weighted by Crippen LogP contribution is -2.46. The normalized spacial score (nSPS) is 20.6. The van der Waals surface area contributed by atoms with Crippen LogP contribution in [0.15, 0.2) is 42.7 Å². The summed E-state index contributed by atoms with van der Waals surface area (Å²) in [5.74, 6) is 1.95. The first-order chi connectivity index (χ1) is 14.7. The molecule has 160 valence electrons. The first-order valence-electron chi connectivity index (χ1n) is 10.9. The van der Waals surface area contributed by atoms with E-state index in [1.54, 1.807) is 19.5 Å². The number of methoxy groups -OCH3 is 1. The number of hydrogen-bond acceptors (Lipinski definition) is 6. The molecule has 2 aliphatic rings. The number of rotatable bonds is 5. The number of aromatic nitrogens is 2. The predicted molar refractivity (Wildman–Crippen MR) is 116 cm³/mol. The maximum absolute atomic E-state index is 13.2. The summed E-state index contributed by atoms with van der Waals surface area (Å²) in [4.78, 5) is 28.6. The molecule has 7 heteroatoms. The minimum Gasteiger partial charge on any atom is -0.497 e. The van der Waals surface area contributed by atoms with Gasteiger partial charge in [0.05, 0.1) is 13.0 Å². The maximum Gasteiger partial charge on any atom is 0.227 e. The number of anilines is 1. The minimum absolute atomic E-state index is 0.0377. The van der Waals surface area contributed by atoms with Crippen molar-refractivity contribution in [2.75, 3.05) is 51.3 Å². The van der Waals surface area contributed by atoms with E-state index < -0.39 is 0 Å². The van der Waals surface area contributed by atoms with Gasteiger partial charge in [-0.15, -0.1) is 0 Å². The van der Waals surface area contributed by atoms with E-state index >= 15 is 0 Å². The summed E-state index contributed by atoms with van der Waals surface area (Å²) >= 11 is 0. The Morgan fingerprint density at radius 1 is 1.03 bits per heavy atom. The van der Waals surface area contributed by atoms with Crippen LogP contribution >= 0.6 is 0 Å². The number of benzene rings is 1. The van der Waals surface area contributed by atoms with Crippen LogP contribution in [0.3, 0.4) is 0 Å². The zero-order valence-corrected chi connectivity index (χ0v) is 17.7. The summed E-state index contributed by atoms with van der Waals surface area (Å²) < 4.78 is 5.24. The largest absolute Gasteiger partial charge is 0.497 e. The molecule has 0 unspecified atom stereocenters. The van der Waals surface area contributed by atoms with Gasteiger partial charge in [-0.05, 0) is 43.0 Å². The summed E-state index contributed by atoms with van der Waals surface area (Å²) in [5.41, 5.74) is 1.28. The maximum atomic E-state index is 13.2. The van der Waals surface area contributed by atoms with Gasteiger partial charge in [0, 0.05) is 58.2 Å². The Balaban J connectivity index is 1.31. The van der Waals surface area contributed by atoms with Crippen molar-refractivity contribution in [2.24, 2.45) is 5.92 Å². The Hall–Kier alpha value is -2.67. The molecule has 2 aromatic rings.